The SMILES string of the molecule is COc1cccc(CN(CC(=O)O)C(C)(C)C)n1. The molecule has 18 heavy (non-hydrogen) atoms. The fourth-order valence-corrected chi connectivity index (χ4v) is 1.55. The van der Waals surface area contributed by atoms with Crippen LogP contribution in [0.15, 0.2) is 18.2 Å². The summed E-state index contributed by atoms with van der Waals surface area (Å²) in [5, 5.41) is 8.94. The molecule has 0 spiro atoms. The van der Waals surface area contributed by atoms with Crippen LogP contribution in [0.2, 0.25) is 0 Å². The predicted molar refractivity (Wildman–Crippen MR) is 68.6 cm³/mol. The molecule has 1 aromatic rings. The summed E-state index contributed by atoms with van der Waals surface area (Å²) < 4.78 is 5.06. The third-order valence-electron chi connectivity index (χ3n) is 2.62. The van der Waals surface area contributed by atoms with Crippen LogP contribution in [0, 0.1) is 0 Å². The average Bonchev–Trinajstić information content (AvgIpc) is 2.26. The second kappa shape index (κ2) is 5.82. The number of hydrogen-bond acceptors (Lipinski definition) is 4. The van der Waals surface area contributed by atoms with Gasteiger partial charge in [0.2, 0.25) is 5.88 Å². The van der Waals surface area contributed by atoms with E-state index in [4.69, 9.17) is 9.84 Å². The molecule has 0 radical (unpaired) electrons. The van der Waals surface area contributed by atoms with Crippen LogP contribution in [-0.4, -0.2) is 40.2 Å². The summed E-state index contributed by atoms with van der Waals surface area (Å²) in [6, 6.07) is 5.48. The topological polar surface area (TPSA) is 62.7 Å². The molecule has 5 heteroatoms. The van der Waals surface area contributed by atoms with E-state index in [-0.39, 0.29) is 12.1 Å². The number of methoxy groups -OCH3 is 1. The van der Waals surface area contributed by atoms with Gasteiger partial charge in [0, 0.05) is 18.2 Å². The Bertz CT molecular complexity index is 413. The van der Waals surface area contributed by atoms with Crippen LogP contribution in [0.3, 0.4) is 0 Å². The van der Waals surface area contributed by atoms with Crippen molar-refractivity contribution in [3.63, 3.8) is 0 Å². The number of hydrogen-bond donors (Lipinski definition) is 1. The molecule has 0 atom stereocenters. The molecule has 0 aromatic carbocycles. The maximum Gasteiger partial charge on any atom is 0.317 e. The van der Waals surface area contributed by atoms with Crippen molar-refractivity contribution in [3.8, 4) is 5.88 Å². The quantitative estimate of drug-likeness (QED) is 0.865. The molecule has 1 aromatic heterocycles. The molecule has 0 bridgehead atoms. The van der Waals surface area contributed by atoms with E-state index in [1.165, 1.54) is 0 Å². The minimum absolute atomic E-state index is 0.0115. The predicted octanol–water partition coefficient (Wildman–Crippen LogP) is 1.78. The number of rotatable bonds is 5. The zero-order valence-corrected chi connectivity index (χ0v) is 11.3. The zero-order chi connectivity index (χ0) is 13.8. The molecule has 0 saturated heterocycles. The maximum atomic E-state index is 10.9. The van der Waals surface area contributed by atoms with Crippen LogP contribution in [0.25, 0.3) is 0 Å². The fraction of sp³-hybridized carbons (Fsp3) is 0.538. The lowest BCUT2D eigenvalue weighted by Crippen LogP contribution is -2.43. The summed E-state index contributed by atoms with van der Waals surface area (Å²) in [5.41, 5.74) is 0.564. The second-order valence-electron chi connectivity index (χ2n) is 5.09. The van der Waals surface area contributed by atoms with Crippen LogP contribution in [-0.2, 0) is 11.3 Å². The number of carboxylic acid groups (broad SMARTS) is 1. The Morgan fingerprint density at radius 2 is 2.11 bits per heavy atom. The molecule has 1 heterocycles. The normalized spacial score (nSPS) is 11.6. The summed E-state index contributed by atoms with van der Waals surface area (Å²) >= 11 is 0. The van der Waals surface area contributed by atoms with Crippen LogP contribution in [0.1, 0.15) is 26.5 Å². The molecule has 0 amide bonds. The summed E-state index contributed by atoms with van der Waals surface area (Å²) in [6.07, 6.45) is 0. The van der Waals surface area contributed by atoms with Gasteiger partial charge >= 0.3 is 5.97 Å². The minimum atomic E-state index is -0.840. The summed E-state index contributed by atoms with van der Waals surface area (Å²) in [7, 11) is 1.56. The highest BCUT2D eigenvalue weighted by Crippen LogP contribution is 2.17. The van der Waals surface area contributed by atoms with Crippen LogP contribution >= 0.6 is 0 Å². The number of aliphatic carboxylic acids is 1. The Hall–Kier alpha value is -1.62. The lowest BCUT2D eigenvalue weighted by atomic mass is 10.1. The van der Waals surface area contributed by atoms with Gasteiger partial charge in [0.1, 0.15) is 0 Å². The highest BCUT2D eigenvalue weighted by molar-refractivity contribution is 5.69. The maximum absolute atomic E-state index is 10.9. The van der Waals surface area contributed by atoms with Crippen molar-refractivity contribution in [1.29, 1.82) is 0 Å². The van der Waals surface area contributed by atoms with E-state index in [2.05, 4.69) is 4.98 Å². The molecule has 1 N–H and O–H groups in total. The molecule has 0 saturated carbocycles. The van der Waals surface area contributed by atoms with Crippen LogP contribution in [0.4, 0.5) is 0 Å². The smallest absolute Gasteiger partial charge is 0.317 e. The molecule has 0 aliphatic carbocycles. The number of nitrogens with zero attached hydrogens (tertiary/aromatic N) is 2. The molecule has 0 aliphatic heterocycles. The summed E-state index contributed by atoms with van der Waals surface area (Å²) in [6.45, 7) is 6.41. The summed E-state index contributed by atoms with van der Waals surface area (Å²) in [4.78, 5) is 17.0. The standard InChI is InChI=1S/C13H20N2O3/c1-13(2,3)15(9-12(16)17)8-10-6-5-7-11(14-10)18-4/h5-7H,8-9H2,1-4H3,(H,16,17). The van der Waals surface area contributed by atoms with Gasteiger partial charge in [-0.15, -0.1) is 0 Å². The molecular weight excluding hydrogens is 232 g/mol. The molecule has 100 valence electrons. The van der Waals surface area contributed by atoms with Crippen molar-refractivity contribution in [2.24, 2.45) is 0 Å². The van der Waals surface area contributed by atoms with E-state index in [0.29, 0.717) is 12.4 Å². The van der Waals surface area contributed by atoms with Crippen LogP contribution < -0.4 is 4.74 Å². The third kappa shape index (κ3) is 4.33. The number of ether oxygens (including phenoxy) is 1. The highest BCUT2D eigenvalue weighted by Gasteiger charge is 2.24. The first-order valence-electron chi connectivity index (χ1n) is 5.79. The van der Waals surface area contributed by atoms with E-state index in [1.807, 2.05) is 37.8 Å². The molecule has 1 rings (SSSR count). The Morgan fingerprint density at radius 1 is 1.44 bits per heavy atom. The van der Waals surface area contributed by atoms with Gasteiger partial charge < -0.3 is 9.84 Å². The zero-order valence-electron chi connectivity index (χ0n) is 11.3. The second-order valence-corrected chi connectivity index (χ2v) is 5.09. The number of pyridine rings is 1. The van der Waals surface area contributed by atoms with Gasteiger partial charge in [0.15, 0.2) is 0 Å². The van der Waals surface area contributed by atoms with Crippen molar-refractivity contribution >= 4 is 5.97 Å². The van der Waals surface area contributed by atoms with Crippen molar-refractivity contribution < 1.29 is 14.6 Å². The Kier molecular flexibility index (Phi) is 4.67. The first-order valence-corrected chi connectivity index (χ1v) is 5.79. The Morgan fingerprint density at radius 3 is 2.61 bits per heavy atom. The van der Waals surface area contributed by atoms with Gasteiger partial charge in [-0.25, -0.2) is 4.98 Å². The van der Waals surface area contributed by atoms with Gasteiger partial charge in [-0.1, -0.05) is 6.07 Å². The lowest BCUT2D eigenvalue weighted by molar-refractivity contribution is -0.139. The van der Waals surface area contributed by atoms with E-state index >= 15 is 0 Å². The van der Waals surface area contributed by atoms with Crippen molar-refractivity contribution in [2.75, 3.05) is 13.7 Å². The van der Waals surface area contributed by atoms with E-state index < -0.39 is 5.97 Å². The van der Waals surface area contributed by atoms with Gasteiger partial charge in [0.05, 0.1) is 19.3 Å². The fourth-order valence-electron chi connectivity index (χ4n) is 1.55. The number of aromatic nitrogens is 1. The first-order chi connectivity index (χ1) is 8.32. The molecule has 0 aliphatic rings. The van der Waals surface area contributed by atoms with Gasteiger partial charge in [-0.3, -0.25) is 9.69 Å². The molecule has 0 fully saturated rings. The highest BCUT2D eigenvalue weighted by atomic mass is 16.5. The lowest BCUT2D eigenvalue weighted by Gasteiger charge is -2.34. The third-order valence-corrected chi connectivity index (χ3v) is 2.62. The largest absolute Gasteiger partial charge is 0.481 e. The number of carboxylic acids is 1. The molecule has 5 nitrogen and oxygen atoms in total. The Labute approximate surface area is 107 Å². The van der Waals surface area contributed by atoms with Gasteiger partial charge in [0.25, 0.3) is 0 Å². The van der Waals surface area contributed by atoms with Gasteiger partial charge in [-0.05, 0) is 26.8 Å². The van der Waals surface area contributed by atoms with E-state index in [9.17, 15) is 4.79 Å². The van der Waals surface area contributed by atoms with E-state index in [1.54, 1.807) is 13.2 Å². The average molecular weight is 252 g/mol. The van der Waals surface area contributed by atoms with Crippen molar-refractivity contribution in [2.45, 2.75) is 32.9 Å². The van der Waals surface area contributed by atoms with Crippen LogP contribution in [0.5, 0.6) is 5.88 Å². The number of carbonyl (C=O) groups is 1. The van der Waals surface area contributed by atoms with Gasteiger partial charge in [-0.2, -0.15) is 0 Å². The minimum Gasteiger partial charge on any atom is -0.481 e. The van der Waals surface area contributed by atoms with E-state index in [0.717, 1.165) is 5.69 Å². The summed E-state index contributed by atoms with van der Waals surface area (Å²) in [5.74, 6) is -0.301. The van der Waals surface area contributed by atoms with Crippen molar-refractivity contribution in [1.82, 2.24) is 9.88 Å². The Balaban J connectivity index is 2.85. The molecular formula is C13H20N2O3. The van der Waals surface area contributed by atoms with Crippen molar-refractivity contribution in [3.05, 3.63) is 23.9 Å². The molecule has 0 unspecified atom stereocenters. The first kappa shape index (κ1) is 14.4. The monoisotopic (exact) mass is 252 g/mol.